The smallest absolute Gasteiger partial charge is 0.253 e. The summed E-state index contributed by atoms with van der Waals surface area (Å²) in [5.41, 5.74) is 1.96. The minimum Gasteiger partial charge on any atom is -0.376 e. The van der Waals surface area contributed by atoms with Gasteiger partial charge in [-0.15, -0.1) is 0 Å². The van der Waals surface area contributed by atoms with E-state index in [4.69, 9.17) is 0 Å². The van der Waals surface area contributed by atoms with Crippen LogP contribution in [0.2, 0.25) is 0 Å². The van der Waals surface area contributed by atoms with Crippen molar-refractivity contribution in [2.45, 2.75) is 19.3 Å². The third-order valence-corrected chi connectivity index (χ3v) is 4.36. The summed E-state index contributed by atoms with van der Waals surface area (Å²) in [5.74, 6) is -0.518. The molecule has 0 saturated carbocycles. The topological polar surface area (TPSA) is 61.4 Å². The first-order chi connectivity index (χ1) is 12.6. The summed E-state index contributed by atoms with van der Waals surface area (Å²) in [5, 5.41) is 5.69. The summed E-state index contributed by atoms with van der Waals surface area (Å²) < 4.78 is 12.8. The summed E-state index contributed by atoms with van der Waals surface area (Å²) >= 11 is 0. The fraction of sp³-hybridized carbons (Fsp3) is 0.300. The molecule has 2 aromatic carbocycles. The highest BCUT2D eigenvalue weighted by Gasteiger charge is 2.17. The number of hydrogen-bond acceptors (Lipinski definition) is 3. The molecule has 1 fully saturated rings. The average molecular weight is 355 g/mol. The van der Waals surface area contributed by atoms with Gasteiger partial charge in [-0.3, -0.25) is 9.59 Å². The van der Waals surface area contributed by atoms with Crippen molar-refractivity contribution in [2.75, 3.05) is 30.3 Å². The number of halogens is 1. The Kier molecular flexibility index (Phi) is 5.84. The first-order valence-electron chi connectivity index (χ1n) is 8.80. The van der Waals surface area contributed by atoms with Crippen LogP contribution >= 0.6 is 0 Å². The van der Waals surface area contributed by atoms with Gasteiger partial charge in [-0.05, 0) is 67.8 Å². The Balaban J connectivity index is 1.50. The molecule has 26 heavy (non-hydrogen) atoms. The fourth-order valence-corrected chi connectivity index (χ4v) is 2.93. The second-order valence-electron chi connectivity index (χ2n) is 6.34. The van der Waals surface area contributed by atoms with E-state index in [0.717, 1.165) is 31.6 Å². The predicted molar refractivity (Wildman–Crippen MR) is 99.7 cm³/mol. The quantitative estimate of drug-likeness (QED) is 0.863. The highest BCUT2D eigenvalue weighted by Crippen LogP contribution is 2.15. The number of hydrogen-bond donors (Lipinski definition) is 2. The largest absolute Gasteiger partial charge is 0.376 e. The van der Waals surface area contributed by atoms with Crippen LogP contribution in [0.15, 0.2) is 48.5 Å². The van der Waals surface area contributed by atoms with Gasteiger partial charge in [0.25, 0.3) is 5.91 Å². The van der Waals surface area contributed by atoms with E-state index in [0.29, 0.717) is 11.3 Å². The second-order valence-corrected chi connectivity index (χ2v) is 6.34. The molecule has 0 aliphatic carbocycles. The van der Waals surface area contributed by atoms with Crippen LogP contribution < -0.4 is 10.6 Å². The molecule has 0 atom stereocenters. The molecule has 2 N–H and O–H groups in total. The Morgan fingerprint density at radius 3 is 2.15 bits per heavy atom. The average Bonchev–Trinajstić information content (AvgIpc) is 2.69. The molecule has 1 saturated heterocycles. The van der Waals surface area contributed by atoms with E-state index in [1.165, 1.54) is 30.7 Å². The minimum absolute atomic E-state index is 0.0605. The van der Waals surface area contributed by atoms with Crippen molar-refractivity contribution in [1.82, 2.24) is 4.90 Å². The number of nitrogens with one attached hydrogen (secondary N) is 2. The summed E-state index contributed by atoms with van der Waals surface area (Å²) in [6.45, 7) is 1.72. The van der Waals surface area contributed by atoms with E-state index in [2.05, 4.69) is 10.6 Å². The van der Waals surface area contributed by atoms with Crippen LogP contribution in [-0.4, -0.2) is 36.3 Å². The molecule has 2 aromatic rings. The van der Waals surface area contributed by atoms with Crippen LogP contribution in [0, 0.1) is 5.82 Å². The molecule has 0 radical (unpaired) electrons. The molecule has 1 heterocycles. The number of amides is 2. The van der Waals surface area contributed by atoms with Crippen LogP contribution in [0.5, 0.6) is 0 Å². The molecule has 0 unspecified atom stereocenters. The van der Waals surface area contributed by atoms with Gasteiger partial charge in [0.05, 0.1) is 6.54 Å². The SMILES string of the molecule is O=C(CNc1ccc(C(=O)N2CCCCC2)cc1)Nc1ccc(F)cc1. The van der Waals surface area contributed by atoms with Crippen LogP contribution in [0.3, 0.4) is 0 Å². The van der Waals surface area contributed by atoms with E-state index < -0.39 is 0 Å². The number of piperidine rings is 1. The normalized spacial score (nSPS) is 14.0. The minimum atomic E-state index is -0.347. The lowest BCUT2D eigenvalue weighted by Crippen LogP contribution is -2.35. The van der Waals surface area contributed by atoms with E-state index in [1.807, 2.05) is 4.90 Å². The summed E-state index contributed by atoms with van der Waals surface area (Å²) in [6, 6.07) is 12.7. The zero-order valence-corrected chi connectivity index (χ0v) is 14.5. The van der Waals surface area contributed by atoms with Crippen molar-refractivity contribution in [3.63, 3.8) is 0 Å². The van der Waals surface area contributed by atoms with Crippen molar-refractivity contribution in [2.24, 2.45) is 0 Å². The molecule has 6 heteroatoms. The highest BCUT2D eigenvalue weighted by molar-refractivity contribution is 5.95. The molecule has 136 valence electrons. The van der Waals surface area contributed by atoms with Gasteiger partial charge in [-0.1, -0.05) is 0 Å². The van der Waals surface area contributed by atoms with Gasteiger partial charge in [-0.25, -0.2) is 4.39 Å². The van der Waals surface area contributed by atoms with Crippen molar-refractivity contribution in [3.05, 3.63) is 59.9 Å². The number of benzene rings is 2. The summed E-state index contributed by atoms with van der Waals surface area (Å²) in [6.07, 6.45) is 3.32. The maximum Gasteiger partial charge on any atom is 0.253 e. The molecular formula is C20H22FN3O2. The van der Waals surface area contributed by atoms with Gasteiger partial charge in [0.1, 0.15) is 5.82 Å². The maximum absolute atomic E-state index is 12.8. The van der Waals surface area contributed by atoms with Crippen LogP contribution in [-0.2, 0) is 4.79 Å². The lowest BCUT2D eigenvalue weighted by atomic mass is 10.1. The standard InChI is InChI=1S/C20H22FN3O2/c21-16-6-10-18(11-7-16)23-19(25)14-22-17-8-4-15(5-9-17)20(26)24-12-2-1-3-13-24/h4-11,22H,1-3,12-14H2,(H,23,25). The number of nitrogens with zero attached hydrogens (tertiary/aromatic N) is 1. The summed E-state index contributed by atoms with van der Waals surface area (Å²) in [4.78, 5) is 26.2. The van der Waals surface area contributed by atoms with Gasteiger partial charge in [0, 0.05) is 30.0 Å². The Hall–Kier alpha value is -2.89. The first kappa shape index (κ1) is 17.9. The van der Waals surface area contributed by atoms with E-state index in [9.17, 15) is 14.0 Å². The summed E-state index contributed by atoms with van der Waals surface area (Å²) in [7, 11) is 0. The molecule has 0 aromatic heterocycles. The molecule has 0 spiro atoms. The Morgan fingerprint density at radius 2 is 1.50 bits per heavy atom. The number of anilines is 2. The van der Waals surface area contributed by atoms with Crippen LogP contribution in [0.25, 0.3) is 0 Å². The van der Waals surface area contributed by atoms with Crippen molar-refractivity contribution in [1.29, 1.82) is 0 Å². The van der Waals surface area contributed by atoms with E-state index in [1.54, 1.807) is 24.3 Å². The number of carbonyl (C=O) groups excluding carboxylic acids is 2. The van der Waals surface area contributed by atoms with Crippen molar-refractivity contribution >= 4 is 23.2 Å². The van der Waals surface area contributed by atoms with Crippen LogP contribution in [0.1, 0.15) is 29.6 Å². The predicted octanol–water partition coefficient (Wildman–Crippen LogP) is 3.50. The lowest BCUT2D eigenvalue weighted by molar-refractivity contribution is -0.114. The van der Waals surface area contributed by atoms with Crippen molar-refractivity contribution in [3.8, 4) is 0 Å². The number of carbonyl (C=O) groups is 2. The monoisotopic (exact) mass is 355 g/mol. The number of rotatable bonds is 5. The molecule has 2 amide bonds. The third-order valence-electron chi connectivity index (χ3n) is 4.36. The van der Waals surface area contributed by atoms with Crippen molar-refractivity contribution < 1.29 is 14.0 Å². The molecule has 1 aliphatic rings. The Bertz CT molecular complexity index is 754. The fourth-order valence-electron chi connectivity index (χ4n) is 2.93. The van der Waals surface area contributed by atoms with Gasteiger partial charge < -0.3 is 15.5 Å². The molecule has 3 rings (SSSR count). The molecular weight excluding hydrogens is 333 g/mol. The van der Waals surface area contributed by atoms with Gasteiger partial charge in [0.2, 0.25) is 5.91 Å². The number of likely N-dealkylation sites (tertiary alicyclic amines) is 1. The van der Waals surface area contributed by atoms with Crippen LogP contribution in [0.4, 0.5) is 15.8 Å². The third kappa shape index (κ3) is 4.81. The lowest BCUT2D eigenvalue weighted by Gasteiger charge is -2.26. The zero-order valence-electron chi connectivity index (χ0n) is 14.5. The Labute approximate surface area is 152 Å². The van der Waals surface area contributed by atoms with Gasteiger partial charge in [-0.2, -0.15) is 0 Å². The highest BCUT2D eigenvalue weighted by atomic mass is 19.1. The van der Waals surface area contributed by atoms with E-state index in [-0.39, 0.29) is 24.2 Å². The first-order valence-corrected chi connectivity index (χ1v) is 8.80. The van der Waals surface area contributed by atoms with E-state index >= 15 is 0 Å². The molecule has 5 nitrogen and oxygen atoms in total. The maximum atomic E-state index is 12.8. The Morgan fingerprint density at radius 1 is 0.885 bits per heavy atom. The molecule has 0 bridgehead atoms. The second kappa shape index (κ2) is 8.47. The van der Waals surface area contributed by atoms with Gasteiger partial charge in [0.15, 0.2) is 0 Å². The van der Waals surface area contributed by atoms with Gasteiger partial charge >= 0.3 is 0 Å². The zero-order chi connectivity index (χ0) is 18.4. The molecule has 1 aliphatic heterocycles.